The van der Waals surface area contributed by atoms with Gasteiger partial charge in [0.1, 0.15) is 5.60 Å². The number of hydrogen-bond acceptors (Lipinski definition) is 4. The molecular weight excluding hydrogens is 288 g/mol. The van der Waals surface area contributed by atoms with E-state index in [1.54, 1.807) is 0 Å². The Morgan fingerprint density at radius 2 is 1.52 bits per heavy atom. The van der Waals surface area contributed by atoms with E-state index in [0.29, 0.717) is 6.54 Å². The largest absolute Gasteiger partial charge is 0.459 e. The first-order valence-corrected chi connectivity index (χ1v) is 8.45. The molecule has 0 aliphatic carbocycles. The van der Waals surface area contributed by atoms with Gasteiger partial charge in [0.25, 0.3) is 0 Å². The van der Waals surface area contributed by atoms with Crippen molar-refractivity contribution in [2.45, 2.75) is 46.8 Å². The predicted octanol–water partition coefficient (Wildman–Crippen LogP) is 2.76. The predicted molar refractivity (Wildman–Crippen MR) is 93.5 cm³/mol. The Hall–Kier alpha value is -1.39. The van der Waals surface area contributed by atoms with Crippen LogP contribution in [-0.2, 0) is 16.1 Å². The lowest BCUT2D eigenvalue weighted by molar-refractivity contribution is -0.156. The van der Waals surface area contributed by atoms with Crippen LogP contribution in [0.2, 0.25) is 0 Å². The molecule has 0 bridgehead atoms. The van der Waals surface area contributed by atoms with Gasteiger partial charge in [0.15, 0.2) is 0 Å². The molecule has 0 saturated carbocycles. The minimum absolute atomic E-state index is 0.125. The van der Waals surface area contributed by atoms with Gasteiger partial charge in [0.05, 0.1) is 6.54 Å². The quantitative estimate of drug-likeness (QED) is 0.799. The summed E-state index contributed by atoms with van der Waals surface area (Å²) >= 11 is 0. The van der Waals surface area contributed by atoms with Crippen LogP contribution in [0.15, 0.2) is 18.2 Å². The normalized spacial score (nSPS) is 17.3. The van der Waals surface area contributed by atoms with Crippen LogP contribution in [0.4, 0.5) is 0 Å². The monoisotopic (exact) mass is 318 g/mol. The molecule has 2 rings (SSSR count). The fourth-order valence-electron chi connectivity index (χ4n) is 3.08. The highest BCUT2D eigenvalue weighted by Crippen LogP contribution is 2.13. The summed E-state index contributed by atoms with van der Waals surface area (Å²) in [5.74, 6) is -0.125. The van der Waals surface area contributed by atoms with Crippen molar-refractivity contribution in [1.29, 1.82) is 0 Å². The molecule has 1 fully saturated rings. The summed E-state index contributed by atoms with van der Waals surface area (Å²) in [5, 5.41) is 0. The van der Waals surface area contributed by atoms with E-state index in [1.807, 2.05) is 20.8 Å². The highest BCUT2D eigenvalue weighted by molar-refractivity contribution is 5.72. The van der Waals surface area contributed by atoms with E-state index < -0.39 is 5.60 Å². The van der Waals surface area contributed by atoms with E-state index in [0.717, 1.165) is 32.7 Å². The van der Waals surface area contributed by atoms with Crippen LogP contribution in [0.5, 0.6) is 0 Å². The molecule has 1 aromatic carbocycles. The van der Waals surface area contributed by atoms with E-state index in [-0.39, 0.29) is 5.97 Å². The van der Waals surface area contributed by atoms with E-state index >= 15 is 0 Å². The molecule has 0 amide bonds. The lowest BCUT2D eigenvalue weighted by atomic mass is 10.1. The van der Waals surface area contributed by atoms with E-state index in [9.17, 15) is 4.79 Å². The van der Waals surface area contributed by atoms with Crippen LogP contribution in [0.3, 0.4) is 0 Å². The van der Waals surface area contributed by atoms with Gasteiger partial charge >= 0.3 is 5.97 Å². The Morgan fingerprint density at radius 1 is 1.00 bits per heavy atom. The molecule has 1 aliphatic rings. The molecule has 0 atom stereocenters. The first kappa shape index (κ1) is 18.0. The van der Waals surface area contributed by atoms with Gasteiger partial charge in [-0.05, 0) is 40.2 Å². The Bertz CT molecular complexity index is 521. The van der Waals surface area contributed by atoms with Crippen LogP contribution in [0.25, 0.3) is 0 Å². The van der Waals surface area contributed by atoms with Gasteiger partial charge in [-0.15, -0.1) is 0 Å². The fraction of sp³-hybridized carbons (Fsp3) is 0.632. The van der Waals surface area contributed by atoms with Gasteiger partial charge in [-0.3, -0.25) is 14.6 Å². The molecule has 4 heteroatoms. The Balaban J connectivity index is 1.78. The van der Waals surface area contributed by atoms with Gasteiger partial charge in [-0.2, -0.15) is 0 Å². The van der Waals surface area contributed by atoms with Crippen LogP contribution in [0, 0.1) is 13.8 Å². The van der Waals surface area contributed by atoms with Crippen molar-refractivity contribution in [3.05, 3.63) is 34.9 Å². The highest BCUT2D eigenvalue weighted by Gasteiger charge is 2.22. The first-order valence-electron chi connectivity index (χ1n) is 8.45. The van der Waals surface area contributed by atoms with Gasteiger partial charge in [0.2, 0.25) is 0 Å². The van der Waals surface area contributed by atoms with Crippen molar-refractivity contribution in [3.8, 4) is 0 Å². The number of nitrogens with zero attached hydrogens (tertiary/aromatic N) is 2. The number of rotatable bonds is 4. The number of esters is 1. The Morgan fingerprint density at radius 3 is 2.04 bits per heavy atom. The minimum Gasteiger partial charge on any atom is -0.459 e. The lowest BCUT2D eigenvalue weighted by Gasteiger charge is -2.34. The third kappa shape index (κ3) is 6.32. The molecule has 0 N–H and O–H groups in total. The van der Waals surface area contributed by atoms with Crippen LogP contribution < -0.4 is 0 Å². The number of aryl methyl sites for hydroxylation is 2. The molecule has 1 aromatic rings. The molecular formula is C19H30N2O2. The smallest absolute Gasteiger partial charge is 0.320 e. The molecule has 1 saturated heterocycles. The van der Waals surface area contributed by atoms with Gasteiger partial charge in [0, 0.05) is 32.7 Å². The molecule has 1 heterocycles. The molecule has 0 spiro atoms. The zero-order valence-corrected chi connectivity index (χ0v) is 15.2. The number of benzene rings is 1. The van der Waals surface area contributed by atoms with Crippen LogP contribution in [-0.4, -0.2) is 54.1 Å². The molecule has 128 valence electrons. The Labute approximate surface area is 140 Å². The number of piperazine rings is 1. The summed E-state index contributed by atoms with van der Waals surface area (Å²) in [6, 6.07) is 6.74. The maximum absolute atomic E-state index is 11.9. The Kier molecular flexibility index (Phi) is 5.82. The molecule has 1 aliphatic heterocycles. The summed E-state index contributed by atoms with van der Waals surface area (Å²) < 4.78 is 5.40. The average Bonchev–Trinajstić information content (AvgIpc) is 2.37. The summed E-state index contributed by atoms with van der Waals surface area (Å²) in [6.45, 7) is 15.2. The minimum atomic E-state index is -0.401. The average molecular weight is 318 g/mol. The molecule has 0 radical (unpaired) electrons. The number of ether oxygens (including phenoxy) is 1. The van der Waals surface area contributed by atoms with Crippen molar-refractivity contribution in [2.75, 3.05) is 32.7 Å². The zero-order chi connectivity index (χ0) is 17.0. The second-order valence-electron chi connectivity index (χ2n) is 7.63. The van der Waals surface area contributed by atoms with Gasteiger partial charge in [-0.25, -0.2) is 0 Å². The van der Waals surface area contributed by atoms with Crippen molar-refractivity contribution in [1.82, 2.24) is 9.80 Å². The van der Waals surface area contributed by atoms with E-state index in [2.05, 4.69) is 41.8 Å². The third-order valence-electron chi connectivity index (χ3n) is 3.93. The van der Waals surface area contributed by atoms with Crippen molar-refractivity contribution in [3.63, 3.8) is 0 Å². The van der Waals surface area contributed by atoms with E-state index in [4.69, 9.17) is 4.74 Å². The molecule has 4 nitrogen and oxygen atoms in total. The van der Waals surface area contributed by atoms with Crippen molar-refractivity contribution >= 4 is 5.97 Å². The number of hydrogen-bond donors (Lipinski definition) is 0. The second kappa shape index (κ2) is 7.45. The number of carbonyl (C=O) groups excluding carboxylic acids is 1. The highest BCUT2D eigenvalue weighted by atomic mass is 16.6. The lowest BCUT2D eigenvalue weighted by Crippen LogP contribution is -2.48. The van der Waals surface area contributed by atoms with Gasteiger partial charge in [-0.1, -0.05) is 29.3 Å². The summed E-state index contributed by atoms with van der Waals surface area (Å²) in [4.78, 5) is 16.5. The van der Waals surface area contributed by atoms with Gasteiger partial charge < -0.3 is 4.74 Å². The molecule has 0 aromatic heterocycles. The van der Waals surface area contributed by atoms with Crippen LogP contribution >= 0.6 is 0 Å². The maximum Gasteiger partial charge on any atom is 0.320 e. The van der Waals surface area contributed by atoms with Crippen molar-refractivity contribution < 1.29 is 9.53 Å². The molecule has 0 unspecified atom stereocenters. The second-order valence-corrected chi connectivity index (χ2v) is 7.63. The summed E-state index contributed by atoms with van der Waals surface area (Å²) in [5.41, 5.74) is 3.62. The molecule has 23 heavy (non-hydrogen) atoms. The van der Waals surface area contributed by atoms with E-state index in [1.165, 1.54) is 16.7 Å². The summed E-state index contributed by atoms with van der Waals surface area (Å²) in [7, 11) is 0. The maximum atomic E-state index is 11.9. The number of carbonyl (C=O) groups is 1. The zero-order valence-electron chi connectivity index (χ0n) is 15.2. The third-order valence-corrected chi connectivity index (χ3v) is 3.93. The topological polar surface area (TPSA) is 32.8 Å². The first-order chi connectivity index (χ1) is 10.7. The fourth-order valence-corrected chi connectivity index (χ4v) is 3.08. The summed E-state index contributed by atoms with van der Waals surface area (Å²) in [6.07, 6.45) is 0. The van der Waals surface area contributed by atoms with Crippen LogP contribution in [0.1, 0.15) is 37.5 Å². The van der Waals surface area contributed by atoms with Crippen molar-refractivity contribution in [2.24, 2.45) is 0 Å². The standard InChI is InChI=1S/C19H30N2O2/c1-15-10-16(2)12-17(11-15)13-20-6-8-21(9-7-20)14-18(22)23-19(3,4)5/h10-12H,6-9,13-14H2,1-5H3. The SMILES string of the molecule is Cc1cc(C)cc(CN2CCN(CC(=O)OC(C)(C)C)CC2)c1.